The van der Waals surface area contributed by atoms with Crippen LogP contribution in [0.25, 0.3) is 0 Å². The SMILES string of the molecule is CN(C)c1nccnc1N1CCOCC2(CCOCC2)C1. The first-order chi connectivity index (χ1) is 10.2. The molecule has 0 amide bonds. The van der Waals surface area contributed by atoms with Crippen molar-refractivity contribution in [2.24, 2.45) is 5.41 Å². The zero-order valence-electron chi connectivity index (χ0n) is 12.9. The summed E-state index contributed by atoms with van der Waals surface area (Å²) in [5.41, 5.74) is 0.190. The first-order valence-corrected chi connectivity index (χ1v) is 7.59. The summed E-state index contributed by atoms with van der Waals surface area (Å²) in [6, 6.07) is 0. The Morgan fingerprint density at radius 2 is 1.86 bits per heavy atom. The zero-order valence-corrected chi connectivity index (χ0v) is 12.9. The minimum atomic E-state index is 0.190. The van der Waals surface area contributed by atoms with Crippen LogP contribution in [0.3, 0.4) is 0 Å². The van der Waals surface area contributed by atoms with Gasteiger partial charge in [-0.1, -0.05) is 0 Å². The lowest BCUT2D eigenvalue weighted by Gasteiger charge is -2.39. The fraction of sp³-hybridized carbons (Fsp3) is 0.733. The average Bonchev–Trinajstić information content (AvgIpc) is 2.71. The number of anilines is 2. The first-order valence-electron chi connectivity index (χ1n) is 7.59. The third-order valence-corrected chi connectivity index (χ3v) is 4.38. The molecule has 0 N–H and O–H groups in total. The van der Waals surface area contributed by atoms with Crippen molar-refractivity contribution in [3.05, 3.63) is 12.4 Å². The molecule has 0 aromatic carbocycles. The molecule has 0 saturated carbocycles. The Morgan fingerprint density at radius 3 is 2.62 bits per heavy atom. The van der Waals surface area contributed by atoms with Crippen LogP contribution in [0.1, 0.15) is 12.8 Å². The summed E-state index contributed by atoms with van der Waals surface area (Å²) in [6.45, 7) is 5.06. The van der Waals surface area contributed by atoms with Crippen LogP contribution in [0.2, 0.25) is 0 Å². The summed E-state index contributed by atoms with van der Waals surface area (Å²) < 4.78 is 11.4. The van der Waals surface area contributed by atoms with Gasteiger partial charge in [-0.15, -0.1) is 0 Å². The van der Waals surface area contributed by atoms with E-state index in [0.29, 0.717) is 0 Å². The van der Waals surface area contributed by atoms with Crippen LogP contribution in [0.4, 0.5) is 11.6 Å². The molecule has 0 aliphatic carbocycles. The Hall–Kier alpha value is -1.40. The fourth-order valence-electron chi connectivity index (χ4n) is 3.14. The van der Waals surface area contributed by atoms with Gasteiger partial charge in [-0.25, -0.2) is 9.97 Å². The summed E-state index contributed by atoms with van der Waals surface area (Å²) in [7, 11) is 4.01. The number of ether oxygens (including phenoxy) is 2. The topological polar surface area (TPSA) is 50.7 Å². The van der Waals surface area contributed by atoms with Crippen LogP contribution in [0.15, 0.2) is 12.4 Å². The Kier molecular flexibility index (Phi) is 4.26. The lowest BCUT2D eigenvalue weighted by atomic mass is 9.80. The minimum Gasteiger partial charge on any atom is -0.381 e. The molecule has 0 unspecified atom stereocenters. The zero-order chi connectivity index (χ0) is 14.7. The van der Waals surface area contributed by atoms with Crippen molar-refractivity contribution < 1.29 is 9.47 Å². The van der Waals surface area contributed by atoms with E-state index in [9.17, 15) is 0 Å². The average molecular weight is 292 g/mol. The second kappa shape index (κ2) is 6.15. The highest BCUT2D eigenvalue weighted by Gasteiger charge is 2.37. The molecule has 0 radical (unpaired) electrons. The molecule has 2 aliphatic heterocycles. The van der Waals surface area contributed by atoms with Crippen molar-refractivity contribution >= 4 is 11.6 Å². The predicted molar refractivity (Wildman–Crippen MR) is 81.9 cm³/mol. The van der Waals surface area contributed by atoms with Crippen molar-refractivity contribution in [3.63, 3.8) is 0 Å². The van der Waals surface area contributed by atoms with E-state index in [1.54, 1.807) is 12.4 Å². The molecule has 116 valence electrons. The molecule has 2 saturated heterocycles. The second-order valence-corrected chi connectivity index (χ2v) is 6.18. The first kappa shape index (κ1) is 14.5. The fourth-order valence-corrected chi connectivity index (χ4v) is 3.14. The van der Waals surface area contributed by atoms with Crippen molar-refractivity contribution in [1.29, 1.82) is 0 Å². The van der Waals surface area contributed by atoms with Crippen LogP contribution in [0, 0.1) is 5.41 Å². The molecule has 3 heterocycles. The number of aromatic nitrogens is 2. The molecule has 21 heavy (non-hydrogen) atoms. The van der Waals surface area contributed by atoms with E-state index in [-0.39, 0.29) is 5.41 Å². The van der Waals surface area contributed by atoms with Crippen molar-refractivity contribution in [3.8, 4) is 0 Å². The molecule has 1 aromatic heterocycles. The molecule has 1 aromatic rings. The van der Waals surface area contributed by atoms with Crippen LogP contribution >= 0.6 is 0 Å². The number of rotatable bonds is 2. The molecule has 6 heteroatoms. The van der Waals surface area contributed by atoms with Gasteiger partial charge in [0.1, 0.15) is 0 Å². The number of hydrogen-bond acceptors (Lipinski definition) is 6. The molecular formula is C15H24N4O2. The number of nitrogens with zero attached hydrogens (tertiary/aromatic N) is 4. The smallest absolute Gasteiger partial charge is 0.172 e. The monoisotopic (exact) mass is 292 g/mol. The van der Waals surface area contributed by atoms with E-state index in [2.05, 4.69) is 14.9 Å². The largest absolute Gasteiger partial charge is 0.381 e. The van der Waals surface area contributed by atoms with E-state index in [1.807, 2.05) is 19.0 Å². The van der Waals surface area contributed by atoms with E-state index in [1.165, 1.54) is 0 Å². The van der Waals surface area contributed by atoms with Gasteiger partial charge < -0.3 is 19.3 Å². The van der Waals surface area contributed by atoms with Gasteiger partial charge in [0.05, 0.1) is 13.2 Å². The highest BCUT2D eigenvalue weighted by molar-refractivity contribution is 5.61. The second-order valence-electron chi connectivity index (χ2n) is 6.18. The maximum absolute atomic E-state index is 5.88. The third kappa shape index (κ3) is 3.11. The maximum atomic E-state index is 5.88. The Labute approximate surface area is 126 Å². The van der Waals surface area contributed by atoms with Gasteiger partial charge in [0.15, 0.2) is 11.6 Å². The van der Waals surface area contributed by atoms with Gasteiger partial charge in [-0.2, -0.15) is 0 Å². The van der Waals surface area contributed by atoms with E-state index in [0.717, 1.165) is 64.0 Å². The summed E-state index contributed by atoms with van der Waals surface area (Å²) in [5.74, 6) is 1.88. The van der Waals surface area contributed by atoms with E-state index in [4.69, 9.17) is 9.47 Å². The van der Waals surface area contributed by atoms with Crippen LogP contribution in [0.5, 0.6) is 0 Å². The minimum absolute atomic E-state index is 0.190. The predicted octanol–water partition coefficient (Wildman–Crippen LogP) is 1.18. The summed E-state index contributed by atoms with van der Waals surface area (Å²) in [6.07, 6.45) is 5.63. The lowest BCUT2D eigenvalue weighted by Crippen LogP contribution is -2.43. The van der Waals surface area contributed by atoms with E-state index < -0.39 is 0 Å². The molecule has 0 atom stereocenters. The highest BCUT2D eigenvalue weighted by atomic mass is 16.5. The van der Waals surface area contributed by atoms with Gasteiger partial charge in [-0.05, 0) is 12.8 Å². The quantitative estimate of drug-likeness (QED) is 0.816. The molecule has 3 rings (SSSR count). The normalized spacial score (nSPS) is 22.1. The van der Waals surface area contributed by atoms with Gasteiger partial charge in [0, 0.05) is 58.2 Å². The highest BCUT2D eigenvalue weighted by Crippen LogP contribution is 2.36. The van der Waals surface area contributed by atoms with Gasteiger partial charge >= 0.3 is 0 Å². The Bertz CT molecular complexity index is 474. The van der Waals surface area contributed by atoms with Gasteiger partial charge in [0.25, 0.3) is 0 Å². The third-order valence-electron chi connectivity index (χ3n) is 4.38. The maximum Gasteiger partial charge on any atom is 0.172 e. The van der Waals surface area contributed by atoms with Crippen molar-refractivity contribution in [2.75, 3.05) is 63.4 Å². The number of hydrogen-bond donors (Lipinski definition) is 0. The molecular weight excluding hydrogens is 268 g/mol. The summed E-state index contributed by atoms with van der Waals surface area (Å²) in [5, 5.41) is 0. The molecule has 2 fully saturated rings. The standard InChI is InChI=1S/C15H24N4O2/c1-18(2)13-14(17-6-5-16-13)19-7-10-21-12-15(11-19)3-8-20-9-4-15/h5-6H,3-4,7-12H2,1-2H3. The molecule has 1 spiro atoms. The van der Waals surface area contributed by atoms with Crippen molar-refractivity contribution in [2.45, 2.75) is 12.8 Å². The summed E-state index contributed by atoms with van der Waals surface area (Å²) >= 11 is 0. The lowest BCUT2D eigenvalue weighted by molar-refractivity contribution is -0.0240. The molecule has 6 nitrogen and oxygen atoms in total. The van der Waals surface area contributed by atoms with E-state index >= 15 is 0 Å². The Balaban J connectivity index is 1.87. The van der Waals surface area contributed by atoms with Crippen molar-refractivity contribution in [1.82, 2.24) is 9.97 Å². The summed E-state index contributed by atoms with van der Waals surface area (Å²) in [4.78, 5) is 13.4. The van der Waals surface area contributed by atoms with Gasteiger partial charge in [-0.3, -0.25) is 0 Å². The van der Waals surface area contributed by atoms with Crippen LogP contribution in [-0.4, -0.2) is 63.6 Å². The molecule has 2 aliphatic rings. The van der Waals surface area contributed by atoms with Crippen LogP contribution < -0.4 is 9.80 Å². The molecule has 0 bridgehead atoms. The van der Waals surface area contributed by atoms with Gasteiger partial charge in [0.2, 0.25) is 0 Å². The Morgan fingerprint density at radius 1 is 1.10 bits per heavy atom. The van der Waals surface area contributed by atoms with Crippen LogP contribution in [-0.2, 0) is 9.47 Å².